The van der Waals surface area contributed by atoms with Gasteiger partial charge >= 0.3 is 5.97 Å². The maximum absolute atomic E-state index is 14.2. The zero-order valence-corrected chi connectivity index (χ0v) is 40.9. The number of cyclic esters (lactones) is 1. The Morgan fingerprint density at radius 2 is 1.95 bits per heavy atom. The molecule has 3 aromatic heterocycles. The molecule has 6 heterocycles. The van der Waals surface area contributed by atoms with Crippen LogP contribution in [0.15, 0.2) is 53.9 Å². The molecule has 6 bridgehead atoms. The Morgan fingerprint density at radius 3 is 2.62 bits per heavy atom. The number of thiazole rings is 1. The molecular weight excluding hydrogens is 865 g/mol. The van der Waals surface area contributed by atoms with E-state index < -0.39 is 40.5 Å². The molecule has 17 heteroatoms. The number of aldehydes is 1. The second-order valence-electron chi connectivity index (χ2n) is 18.4. The largest absolute Gasteiger partial charge is 0.464 e. The molecule has 6 atom stereocenters. The SMILES string of the molecule is C=CS(=O)N1CCC(C=O)C1.CCn1c(-c2cccnc2C(C)OC)c2c3cc(ccc31)-c1csc(n1)CC(NC(=O)C(C(C)C)N(C)C)C(=O)N1CCC[C@H](N1)C(=O)OCC(C)(C)C2. The normalized spacial score (nSPS) is 21.8. The van der Waals surface area contributed by atoms with Gasteiger partial charge in [0.05, 0.1) is 40.8 Å². The summed E-state index contributed by atoms with van der Waals surface area (Å²) in [6.45, 7) is 18.5. The summed E-state index contributed by atoms with van der Waals surface area (Å²) in [5, 5.41) is 9.78. The third-order valence-electron chi connectivity index (χ3n) is 12.4. The highest BCUT2D eigenvalue weighted by Crippen LogP contribution is 2.42. The van der Waals surface area contributed by atoms with Gasteiger partial charge in [0.2, 0.25) is 5.91 Å². The summed E-state index contributed by atoms with van der Waals surface area (Å²) in [5.41, 5.74) is 9.62. The number of pyridine rings is 1. The van der Waals surface area contributed by atoms with Crippen LogP contribution in [0.3, 0.4) is 0 Å². The Morgan fingerprint density at radius 1 is 1.18 bits per heavy atom. The van der Waals surface area contributed by atoms with Gasteiger partial charge in [0.25, 0.3) is 5.91 Å². The Bertz CT molecular complexity index is 2370. The van der Waals surface area contributed by atoms with Crippen molar-refractivity contribution in [2.24, 2.45) is 17.3 Å². The van der Waals surface area contributed by atoms with Crippen molar-refractivity contribution in [2.75, 3.05) is 47.4 Å². The highest BCUT2D eigenvalue weighted by Gasteiger charge is 2.37. The number of esters is 1. The minimum atomic E-state index is -1.09. The third kappa shape index (κ3) is 11.5. The molecule has 4 aromatic rings. The molecule has 2 N–H and O–H groups in total. The fraction of sp³-hybridized carbons (Fsp3) is 0.542. The molecule has 0 aliphatic carbocycles. The van der Waals surface area contributed by atoms with Crippen molar-refractivity contribution in [2.45, 2.75) is 104 Å². The number of rotatable bonds is 11. The van der Waals surface area contributed by atoms with Crippen LogP contribution >= 0.6 is 11.3 Å². The molecule has 0 radical (unpaired) electrons. The third-order valence-corrected chi connectivity index (χ3v) is 14.4. The zero-order valence-electron chi connectivity index (χ0n) is 39.3. The number of benzene rings is 1. The molecule has 65 heavy (non-hydrogen) atoms. The van der Waals surface area contributed by atoms with Gasteiger partial charge in [-0.15, -0.1) is 11.3 Å². The fourth-order valence-electron chi connectivity index (χ4n) is 9.09. The summed E-state index contributed by atoms with van der Waals surface area (Å²) in [6, 6.07) is 8.51. The van der Waals surface area contributed by atoms with Crippen molar-refractivity contribution >= 4 is 57.3 Å². The van der Waals surface area contributed by atoms with Crippen molar-refractivity contribution in [1.29, 1.82) is 0 Å². The first kappa shape index (κ1) is 49.8. The lowest BCUT2D eigenvalue weighted by Crippen LogP contribution is -2.61. The molecule has 0 spiro atoms. The molecule has 2 fully saturated rings. The van der Waals surface area contributed by atoms with E-state index in [1.54, 1.807) is 17.6 Å². The maximum Gasteiger partial charge on any atom is 0.324 e. The van der Waals surface area contributed by atoms with Gasteiger partial charge in [-0.3, -0.25) is 29.3 Å². The first-order valence-electron chi connectivity index (χ1n) is 22.5. The van der Waals surface area contributed by atoms with Crippen molar-refractivity contribution in [3.8, 4) is 22.5 Å². The second kappa shape index (κ2) is 21.8. The Labute approximate surface area is 389 Å². The van der Waals surface area contributed by atoms with Crippen LogP contribution in [0.2, 0.25) is 0 Å². The lowest BCUT2D eigenvalue weighted by molar-refractivity contribution is -0.155. The number of methoxy groups -OCH3 is 1. The number of nitrogens with zero attached hydrogens (tertiary/aromatic N) is 6. The van der Waals surface area contributed by atoms with Crippen molar-refractivity contribution in [3.05, 3.63) is 70.2 Å². The average molecular weight is 931 g/mol. The number of hydrazine groups is 1. The molecule has 1 aromatic carbocycles. The molecule has 15 nitrogen and oxygen atoms in total. The number of hydrogen-bond acceptors (Lipinski definition) is 12. The van der Waals surface area contributed by atoms with Gasteiger partial charge in [0, 0.05) is 90.1 Å². The van der Waals surface area contributed by atoms with E-state index in [0.29, 0.717) is 32.4 Å². The van der Waals surface area contributed by atoms with E-state index in [4.69, 9.17) is 19.4 Å². The van der Waals surface area contributed by atoms with Gasteiger partial charge in [0.1, 0.15) is 29.4 Å². The van der Waals surface area contributed by atoms with E-state index in [1.165, 1.54) is 21.8 Å². The number of nitrogens with one attached hydrogen (secondary N) is 2. The predicted molar refractivity (Wildman–Crippen MR) is 256 cm³/mol. The number of amides is 2. The van der Waals surface area contributed by atoms with Gasteiger partial charge in [-0.05, 0) is 89.4 Å². The van der Waals surface area contributed by atoms with Crippen LogP contribution in [-0.2, 0) is 59.0 Å². The number of hydrogen-bond donors (Lipinski definition) is 2. The Hall–Kier alpha value is -4.65. The van der Waals surface area contributed by atoms with Crippen LogP contribution in [0.1, 0.15) is 83.2 Å². The molecule has 0 saturated carbocycles. The van der Waals surface area contributed by atoms with Gasteiger partial charge in [-0.2, -0.15) is 0 Å². The summed E-state index contributed by atoms with van der Waals surface area (Å²) < 4.78 is 27.0. The first-order chi connectivity index (χ1) is 31.0. The second-order valence-corrected chi connectivity index (χ2v) is 20.8. The maximum atomic E-state index is 14.2. The van der Waals surface area contributed by atoms with Gasteiger partial charge in [-0.25, -0.2) is 18.9 Å². The molecule has 3 aliphatic rings. The highest BCUT2D eigenvalue weighted by atomic mass is 32.2. The van der Waals surface area contributed by atoms with Crippen LogP contribution in [0.25, 0.3) is 33.4 Å². The number of carbonyl (C=O) groups is 4. The average Bonchev–Trinajstić information content (AvgIpc) is 4.05. The van der Waals surface area contributed by atoms with Crippen molar-refractivity contribution in [3.63, 3.8) is 0 Å². The smallest absolute Gasteiger partial charge is 0.324 e. The molecule has 5 unspecified atom stereocenters. The van der Waals surface area contributed by atoms with E-state index in [9.17, 15) is 23.4 Å². The lowest BCUT2D eigenvalue weighted by atomic mass is 9.84. The van der Waals surface area contributed by atoms with Crippen LogP contribution in [0.4, 0.5) is 0 Å². The number of likely N-dealkylation sites (N-methyl/N-ethyl adjacent to an activating group) is 1. The Kier molecular flexibility index (Phi) is 16.7. The Balaban J connectivity index is 0.000000557. The molecule has 2 saturated heterocycles. The monoisotopic (exact) mass is 930 g/mol. The quantitative estimate of drug-likeness (QED) is 0.132. The molecule has 352 valence electrons. The summed E-state index contributed by atoms with van der Waals surface area (Å²) in [7, 11) is 4.34. The fourth-order valence-corrected chi connectivity index (χ4v) is 10.8. The summed E-state index contributed by atoms with van der Waals surface area (Å²) in [5.74, 6) is -0.848. The number of aryl methyl sites for hydroxylation is 1. The highest BCUT2D eigenvalue weighted by molar-refractivity contribution is 7.85. The van der Waals surface area contributed by atoms with Gasteiger partial charge < -0.3 is 24.2 Å². The zero-order chi connectivity index (χ0) is 47.2. The molecular formula is C48H66N8O7S2. The number of fused-ring (bicyclic) bond motifs is 6. The summed E-state index contributed by atoms with van der Waals surface area (Å²) in [6.07, 6.45) is 5.31. The van der Waals surface area contributed by atoms with E-state index in [2.05, 4.69) is 66.9 Å². The van der Waals surface area contributed by atoms with E-state index in [-0.39, 0.29) is 42.8 Å². The lowest BCUT2D eigenvalue weighted by Gasteiger charge is -2.36. The summed E-state index contributed by atoms with van der Waals surface area (Å²) >= 11 is 1.47. The van der Waals surface area contributed by atoms with Crippen LogP contribution in [-0.4, -0.2) is 123 Å². The van der Waals surface area contributed by atoms with Crippen molar-refractivity contribution in [1.82, 2.24) is 39.5 Å². The number of ether oxygens (including phenoxy) is 2. The van der Waals surface area contributed by atoms with Crippen LogP contribution in [0, 0.1) is 17.3 Å². The van der Waals surface area contributed by atoms with E-state index in [1.807, 2.05) is 51.2 Å². The molecule has 3 aliphatic heterocycles. The predicted octanol–water partition coefficient (Wildman–Crippen LogP) is 6.10. The number of carbonyl (C=O) groups excluding carboxylic acids is 4. The minimum Gasteiger partial charge on any atom is -0.464 e. The van der Waals surface area contributed by atoms with E-state index in [0.717, 1.165) is 75.5 Å². The molecule has 7 rings (SSSR count). The van der Waals surface area contributed by atoms with Crippen LogP contribution in [0.5, 0.6) is 0 Å². The summed E-state index contributed by atoms with van der Waals surface area (Å²) in [4.78, 5) is 63.6. The van der Waals surface area contributed by atoms with Gasteiger partial charge in [0.15, 0.2) is 0 Å². The topological polar surface area (TPSA) is 168 Å². The van der Waals surface area contributed by atoms with E-state index >= 15 is 0 Å². The van der Waals surface area contributed by atoms with Crippen LogP contribution < -0.4 is 10.7 Å². The molecule has 2 amide bonds. The number of aromatic nitrogens is 3. The van der Waals surface area contributed by atoms with Gasteiger partial charge in [-0.1, -0.05) is 40.3 Å². The van der Waals surface area contributed by atoms with Crippen molar-refractivity contribution < 1.29 is 32.9 Å². The minimum absolute atomic E-state index is 0.0216. The standard InChI is InChI=1S/C41H55N7O5S.C7H11NO2S/c1-10-47-33-16-15-26-19-28(33)29(37(47)27-13-11-17-42-35(27)25(4)52-9)21-41(5,6)23-53-40(51)30-14-12-18-48(45-30)39(50)31(20-34-43-32(26)22-54-34)44-38(49)36(24(2)3)46(7)8;1-2-11(10)8-4-3-7(5-8)6-9/h11,13,15-17,19,22,24-25,30-31,36,45H,10,12,14,18,20-21,23H2,1-9H3,(H,44,49);2,6-7H,1,3-5H2/t25?,30-,31?,36?;/m0./s1. The first-order valence-corrected chi connectivity index (χ1v) is 24.6.